The van der Waals surface area contributed by atoms with Gasteiger partial charge in [-0.2, -0.15) is 5.26 Å². The molecule has 11 heavy (non-hydrogen) atoms. The van der Waals surface area contributed by atoms with Gasteiger partial charge in [0, 0.05) is 0 Å². The zero-order valence-electron chi connectivity index (χ0n) is 6.89. The molecule has 0 N–H and O–H groups in total. The highest BCUT2D eigenvalue weighted by atomic mass is 14.2. The third kappa shape index (κ3) is 1.81. The van der Waals surface area contributed by atoms with E-state index in [1.54, 1.807) is 0 Å². The van der Waals surface area contributed by atoms with Gasteiger partial charge in [0.15, 0.2) is 0 Å². The summed E-state index contributed by atoms with van der Waals surface area (Å²) in [6, 6.07) is 2.17. The molecule has 1 heteroatoms. The van der Waals surface area contributed by atoms with Gasteiger partial charge in [0.1, 0.15) is 0 Å². The Bertz CT molecular complexity index is 284. The minimum absolute atomic E-state index is 0.804. The van der Waals surface area contributed by atoms with Gasteiger partial charge in [-0.15, -0.1) is 0 Å². The topological polar surface area (TPSA) is 23.8 Å². The Hall–Kier alpha value is -1.29. The van der Waals surface area contributed by atoms with Crippen LogP contribution in [-0.4, -0.2) is 0 Å². The molecule has 0 atom stereocenters. The fourth-order valence-electron chi connectivity index (χ4n) is 1.14. The van der Waals surface area contributed by atoms with Gasteiger partial charge in [0.25, 0.3) is 0 Å². The van der Waals surface area contributed by atoms with Crippen LogP contribution in [0.3, 0.4) is 0 Å². The van der Waals surface area contributed by atoms with Crippen molar-refractivity contribution in [2.75, 3.05) is 0 Å². The fourth-order valence-corrected chi connectivity index (χ4v) is 1.14. The molecule has 0 saturated heterocycles. The third-order valence-electron chi connectivity index (χ3n) is 1.75. The molecule has 1 aliphatic carbocycles. The van der Waals surface area contributed by atoms with Crippen molar-refractivity contribution in [1.82, 2.24) is 0 Å². The monoisotopic (exact) mass is 145 g/mol. The van der Waals surface area contributed by atoms with Crippen molar-refractivity contribution in [2.24, 2.45) is 0 Å². The number of allylic oxidation sites excluding steroid dienone is 6. The zero-order chi connectivity index (χ0) is 8.27. The molecule has 0 bridgehead atoms. The van der Waals surface area contributed by atoms with Gasteiger partial charge in [-0.3, -0.25) is 0 Å². The van der Waals surface area contributed by atoms with E-state index in [9.17, 15) is 0 Å². The quantitative estimate of drug-likeness (QED) is 0.514. The van der Waals surface area contributed by atoms with Crippen LogP contribution in [0.5, 0.6) is 0 Å². The summed E-state index contributed by atoms with van der Waals surface area (Å²) in [6.07, 6.45) is 7.00. The zero-order valence-corrected chi connectivity index (χ0v) is 6.89. The Morgan fingerprint density at radius 1 is 1.36 bits per heavy atom. The van der Waals surface area contributed by atoms with Crippen LogP contribution in [0.25, 0.3) is 0 Å². The third-order valence-corrected chi connectivity index (χ3v) is 1.75. The molecule has 0 spiro atoms. The highest BCUT2D eigenvalue weighted by molar-refractivity contribution is 5.45. The van der Waals surface area contributed by atoms with Crippen LogP contribution >= 0.6 is 0 Å². The molecule has 0 aliphatic heterocycles. The van der Waals surface area contributed by atoms with Gasteiger partial charge < -0.3 is 0 Å². The van der Waals surface area contributed by atoms with E-state index in [2.05, 4.69) is 19.1 Å². The Kier molecular flexibility index (Phi) is 2.28. The molecule has 0 saturated carbocycles. The summed E-state index contributed by atoms with van der Waals surface area (Å²) in [6.45, 7) is 4.02. The van der Waals surface area contributed by atoms with E-state index >= 15 is 0 Å². The summed E-state index contributed by atoms with van der Waals surface area (Å²) >= 11 is 0. The van der Waals surface area contributed by atoms with Crippen molar-refractivity contribution in [3.63, 3.8) is 0 Å². The smallest absolute Gasteiger partial charge is 0.0991 e. The average Bonchev–Trinajstić information content (AvgIpc) is 2.11. The average molecular weight is 145 g/mol. The van der Waals surface area contributed by atoms with Crippen molar-refractivity contribution in [2.45, 2.75) is 20.3 Å². The minimum atomic E-state index is 0.804. The van der Waals surface area contributed by atoms with Crippen molar-refractivity contribution in [1.29, 1.82) is 5.26 Å². The van der Waals surface area contributed by atoms with Crippen molar-refractivity contribution in [3.05, 3.63) is 34.9 Å². The number of nitrogens with zero attached hydrogens (tertiary/aromatic N) is 1. The minimum Gasteiger partial charge on any atom is -0.192 e. The van der Waals surface area contributed by atoms with Crippen LogP contribution in [0.4, 0.5) is 0 Å². The molecule has 0 radical (unpaired) electrons. The van der Waals surface area contributed by atoms with Gasteiger partial charge in [-0.05, 0) is 25.8 Å². The summed E-state index contributed by atoms with van der Waals surface area (Å²) in [5.41, 5.74) is 3.11. The van der Waals surface area contributed by atoms with Gasteiger partial charge in [-0.1, -0.05) is 23.8 Å². The van der Waals surface area contributed by atoms with E-state index in [1.165, 1.54) is 5.57 Å². The second-order valence-corrected chi connectivity index (χ2v) is 2.74. The number of hydrogen-bond donors (Lipinski definition) is 0. The number of rotatable bonds is 0. The van der Waals surface area contributed by atoms with Crippen LogP contribution in [0.15, 0.2) is 34.9 Å². The summed E-state index contributed by atoms with van der Waals surface area (Å²) < 4.78 is 0. The first-order chi connectivity index (χ1) is 5.24. The molecule has 0 aromatic heterocycles. The lowest BCUT2D eigenvalue weighted by atomic mass is 10.1. The first-order valence-electron chi connectivity index (χ1n) is 3.69. The summed E-state index contributed by atoms with van der Waals surface area (Å²) in [5, 5.41) is 8.69. The number of nitriles is 1. The predicted octanol–water partition coefficient (Wildman–Crippen LogP) is 2.73. The van der Waals surface area contributed by atoms with Crippen LogP contribution in [0.2, 0.25) is 0 Å². The van der Waals surface area contributed by atoms with Crippen LogP contribution < -0.4 is 0 Å². The highest BCUT2D eigenvalue weighted by Crippen LogP contribution is 2.16. The molecule has 0 heterocycles. The molecule has 1 aliphatic rings. The molecular weight excluding hydrogens is 134 g/mol. The molecule has 0 unspecified atom stereocenters. The summed E-state index contributed by atoms with van der Waals surface area (Å²) in [4.78, 5) is 0. The molecule has 0 fully saturated rings. The molecule has 1 rings (SSSR count). The van der Waals surface area contributed by atoms with E-state index in [-0.39, 0.29) is 0 Å². The maximum absolute atomic E-state index is 8.69. The van der Waals surface area contributed by atoms with Crippen LogP contribution in [0.1, 0.15) is 20.3 Å². The van der Waals surface area contributed by atoms with E-state index in [0.29, 0.717) is 0 Å². The first kappa shape index (κ1) is 7.81. The van der Waals surface area contributed by atoms with Crippen LogP contribution in [-0.2, 0) is 0 Å². The van der Waals surface area contributed by atoms with Crippen molar-refractivity contribution >= 4 is 0 Å². The fraction of sp³-hybridized carbons (Fsp3) is 0.300. The van der Waals surface area contributed by atoms with E-state index < -0.39 is 0 Å². The second-order valence-electron chi connectivity index (χ2n) is 2.74. The molecule has 0 amide bonds. The predicted molar refractivity (Wildman–Crippen MR) is 45.8 cm³/mol. The normalized spacial score (nSPS) is 17.4. The Labute approximate surface area is 67.3 Å². The maximum Gasteiger partial charge on any atom is 0.0991 e. The van der Waals surface area contributed by atoms with Gasteiger partial charge >= 0.3 is 0 Å². The Morgan fingerprint density at radius 2 is 2.09 bits per heavy atom. The van der Waals surface area contributed by atoms with Crippen molar-refractivity contribution < 1.29 is 0 Å². The lowest BCUT2D eigenvalue weighted by molar-refractivity contribution is 1.33. The van der Waals surface area contributed by atoms with E-state index in [4.69, 9.17) is 5.26 Å². The van der Waals surface area contributed by atoms with Gasteiger partial charge in [0.05, 0.1) is 11.6 Å². The molecular formula is C10H11N. The Balaban J connectivity index is 3.00. The molecule has 0 aromatic carbocycles. The Morgan fingerprint density at radius 3 is 2.73 bits per heavy atom. The first-order valence-corrected chi connectivity index (χ1v) is 3.69. The van der Waals surface area contributed by atoms with Crippen molar-refractivity contribution in [3.8, 4) is 6.07 Å². The molecule has 1 nitrogen and oxygen atoms in total. The van der Waals surface area contributed by atoms with Gasteiger partial charge in [-0.25, -0.2) is 0 Å². The molecule has 56 valence electrons. The largest absolute Gasteiger partial charge is 0.192 e. The van der Waals surface area contributed by atoms with E-state index in [0.717, 1.165) is 17.6 Å². The standard InChI is InChI=1S/C10H11N/c1-8-4-3-5-10(7-11)9(2)6-8/h4-6H,3H2,1-2H3. The maximum atomic E-state index is 8.69. The second kappa shape index (κ2) is 3.21. The highest BCUT2D eigenvalue weighted by Gasteiger charge is 2.00. The summed E-state index contributed by atoms with van der Waals surface area (Å²) in [5.74, 6) is 0. The lowest BCUT2D eigenvalue weighted by Crippen LogP contribution is -1.79. The van der Waals surface area contributed by atoms with Gasteiger partial charge in [0.2, 0.25) is 0 Å². The summed E-state index contributed by atoms with van der Waals surface area (Å²) in [7, 11) is 0. The van der Waals surface area contributed by atoms with Crippen LogP contribution in [0, 0.1) is 11.3 Å². The SMILES string of the molecule is CC1=CCC=C(C#N)C(C)=C1. The molecule has 0 aromatic rings. The van der Waals surface area contributed by atoms with E-state index in [1.807, 2.05) is 19.1 Å². The number of hydrogen-bond acceptors (Lipinski definition) is 1. The lowest BCUT2D eigenvalue weighted by Gasteiger charge is -1.94.